The maximum atomic E-state index is 11.6. The molecule has 3 aromatic heterocycles. The lowest BCUT2D eigenvalue weighted by Crippen LogP contribution is -2.21. The molecule has 11 nitrogen and oxygen atoms in total. The van der Waals surface area contributed by atoms with Crippen LogP contribution in [0.4, 0.5) is 0 Å². The molecular weight excluding hydrogens is 356 g/mol. The number of rotatable bonds is 7. The molecule has 1 amide bonds. The highest BCUT2D eigenvalue weighted by molar-refractivity contribution is 5.89. The summed E-state index contributed by atoms with van der Waals surface area (Å²) in [6, 6.07) is 4.51. The van der Waals surface area contributed by atoms with E-state index in [1.165, 1.54) is 18.5 Å². The van der Waals surface area contributed by atoms with E-state index in [-0.39, 0.29) is 18.2 Å². The summed E-state index contributed by atoms with van der Waals surface area (Å²) in [6.45, 7) is 1.33. The minimum absolute atomic E-state index is 0.0774. The Hall–Kier alpha value is -3.89. The van der Waals surface area contributed by atoms with Gasteiger partial charge in [-0.05, 0) is 19.1 Å². The van der Waals surface area contributed by atoms with Crippen LogP contribution in [0.3, 0.4) is 0 Å². The molecule has 3 aromatic rings. The number of hydrogen-bond acceptors (Lipinski definition) is 10. The first-order chi connectivity index (χ1) is 13.0. The van der Waals surface area contributed by atoms with E-state index in [1.54, 1.807) is 19.2 Å². The van der Waals surface area contributed by atoms with Gasteiger partial charge in [-0.15, -0.1) is 10.2 Å². The van der Waals surface area contributed by atoms with E-state index in [0.717, 1.165) is 0 Å². The second-order valence-electron chi connectivity index (χ2n) is 5.25. The number of carbonyl (C=O) groups excluding carboxylic acids is 2. The fourth-order valence-electron chi connectivity index (χ4n) is 2.06. The largest absolute Gasteiger partial charge is 0.472 e. The highest BCUT2D eigenvalue weighted by Gasteiger charge is 2.17. The summed E-state index contributed by atoms with van der Waals surface area (Å²) in [5, 5.41) is 11.5. The molecule has 0 fully saturated rings. The van der Waals surface area contributed by atoms with Gasteiger partial charge in [-0.1, -0.05) is 5.16 Å². The van der Waals surface area contributed by atoms with E-state index >= 15 is 0 Å². The Labute approximate surface area is 152 Å². The van der Waals surface area contributed by atoms with Crippen molar-refractivity contribution in [3.63, 3.8) is 0 Å². The van der Waals surface area contributed by atoms with E-state index in [2.05, 4.69) is 30.1 Å². The molecule has 3 heterocycles. The van der Waals surface area contributed by atoms with Crippen LogP contribution in [0.15, 0.2) is 35.2 Å². The van der Waals surface area contributed by atoms with Crippen LogP contribution in [0.5, 0.6) is 5.88 Å². The number of nitrogens with zero attached hydrogens (tertiary/aromatic N) is 5. The van der Waals surface area contributed by atoms with Crippen LogP contribution in [0.1, 0.15) is 21.8 Å². The van der Waals surface area contributed by atoms with Crippen molar-refractivity contribution < 1.29 is 23.6 Å². The Bertz CT molecular complexity index is 942. The molecule has 0 aliphatic carbocycles. The Morgan fingerprint density at radius 2 is 2.07 bits per heavy atom. The standard InChI is InChI=1S/C16H14N6O5/c1-9-10(15(22-27-9)11-4-5-18-8-19-11)6-25-14-3-2-12(20-21-14)16(24)26-7-13(17)23/h2-5,8H,6-7H2,1H3,(H2,17,23). The van der Waals surface area contributed by atoms with E-state index in [0.29, 0.717) is 22.7 Å². The molecular formula is C16H14N6O5. The number of ether oxygens (including phenoxy) is 2. The van der Waals surface area contributed by atoms with E-state index in [1.807, 2.05) is 0 Å². The van der Waals surface area contributed by atoms with Crippen LogP contribution >= 0.6 is 0 Å². The van der Waals surface area contributed by atoms with Crippen LogP contribution in [-0.2, 0) is 16.1 Å². The first-order valence-corrected chi connectivity index (χ1v) is 7.68. The number of carbonyl (C=O) groups is 2. The van der Waals surface area contributed by atoms with Crippen molar-refractivity contribution in [2.75, 3.05) is 6.61 Å². The first kappa shape index (κ1) is 17.9. The Morgan fingerprint density at radius 3 is 2.74 bits per heavy atom. The lowest BCUT2D eigenvalue weighted by Gasteiger charge is -2.06. The summed E-state index contributed by atoms with van der Waals surface area (Å²) in [6.07, 6.45) is 3.00. The zero-order chi connectivity index (χ0) is 19.2. The van der Waals surface area contributed by atoms with Crippen molar-refractivity contribution in [2.45, 2.75) is 13.5 Å². The molecule has 11 heteroatoms. The predicted molar refractivity (Wildman–Crippen MR) is 88.1 cm³/mol. The van der Waals surface area contributed by atoms with Gasteiger partial charge in [0.15, 0.2) is 12.3 Å². The van der Waals surface area contributed by atoms with Gasteiger partial charge in [-0.2, -0.15) is 0 Å². The summed E-state index contributed by atoms with van der Waals surface area (Å²) in [7, 11) is 0. The maximum absolute atomic E-state index is 11.6. The lowest BCUT2D eigenvalue weighted by molar-refractivity contribution is -0.121. The fourth-order valence-corrected chi connectivity index (χ4v) is 2.06. The number of nitrogens with two attached hydrogens (primary N) is 1. The van der Waals surface area contributed by atoms with Gasteiger partial charge in [-0.25, -0.2) is 14.8 Å². The monoisotopic (exact) mass is 370 g/mol. The van der Waals surface area contributed by atoms with Crippen molar-refractivity contribution in [3.05, 3.63) is 47.7 Å². The summed E-state index contributed by atoms with van der Waals surface area (Å²) < 4.78 is 15.4. The number of amides is 1. The average molecular weight is 370 g/mol. The summed E-state index contributed by atoms with van der Waals surface area (Å²) in [5.41, 5.74) is 6.65. The van der Waals surface area contributed by atoms with Gasteiger partial charge in [0.05, 0.1) is 11.3 Å². The Balaban J connectivity index is 1.67. The van der Waals surface area contributed by atoms with Crippen molar-refractivity contribution >= 4 is 11.9 Å². The highest BCUT2D eigenvalue weighted by Crippen LogP contribution is 2.24. The molecule has 27 heavy (non-hydrogen) atoms. The van der Waals surface area contributed by atoms with Gasteiger partial charge in [0.1, 0.15) is 24.4 Å². The predicted octanol–water partition coefficient (Wildman–Crippen LogP) is 0.451. The topological polar surface area (TPSA) is 156 Å². The maximum Gasteiger partial charge on any atom is 0.359 e. The Kier molecular flexibility index (Phi) is 5.30. The van der Waals surface area contributed by atoms with Crippen LogP contribution in [-0.4, -0.2) is 43.8 Å². The van der Waals surface area contributed by atoms with Crippen molar-refractivity contribution in [1.82, 2.24) is 25.3 Å². The van der Waals surface area contributed by atoms with E-state index < -0.39 is 18.5 Å². The number of esters is 1. The smallest absolute Gasteiger partial charge is 0.359 e. The molecule has 0 unspecified atom stereocenters. The quantitative estimate of drug-likeness (QED) is 0.579. The summed E-state index contributed by atoms with van der Waals surface area (Å²) in [5.74, 6) is -0.826. The van der Waals surface area contributed by atoms with Gasteiger partial charge >= 0.3 is 5.97 Å². The van der Waals surface area contributed by atoms with E-state index in [9.17, 15) is 9.59 Å². The summed E-state index contributed by atoms with van der Waals surface area (Å²) >= 11 is 0. The van der Waals surface area contributed by atoms with Crippen molar-refractivity contribution in [2.24, 2.45) is 5.73 Å². The molecule has 0 atom stereocenters. The minimum atomic E-state index is -0.811. The van der Waals surface area contributed by atoms with Gasteiger partial charge in [0.2, 0.25) is 5.88 Å². The number of hydrogen-bond donors (Lipinski definition) is 1. The molecule has 0 aliphatic rings. The van der Waals surface area contributed by atoms with Gasteiger partial charge in [0, 0.05) is 12.3 Å². The molecule has 0 saturated carbocycles. The minimum Gasteiger partial charge on any atom is -0.472 e. The zero-order valence-electron chi connectivity index (χ0n) is 14.2. The molecule has 0 aliphatic heterocycles. The van der Waals surface area contributed by atoms with Crippen LogP contribution in [0.25, 0.3) is 11.4 Å². The fraction of sp³-hybridized carbons (Fsp3) is 0.188. The third-order valence-corrected chi connectivity index (χ3v) is 3.37. The molecule has 0 radical (unpaired) electrons. The third kappa shape index (κ3) is 4.39. The van der Waals surface area contributed by atoms with Gasteiger partial charge in [-0.3, -0.25) is 4.79 Å². The van der Waals surface area contributed by atoms with Gasteiger partial charge < -0.3 is 19.7 Å². The summed E-state index contributed by atoms with van der Waals surface area (Å²) in [4.78, 5) is 30.3. The van der Waals surface area contributed by atoms with Crippen LogP contribution in [0.2, 0.25) is 0 Å². The zero-order valence-corrected chi connectivity index (χ0v) is 14.2. The SMILES string of the molecule is Cc1onc(-c2ccncn2)c1COc1ccc(C(=O)OCC(N)=O)nn1. The molecule has 0 bridgehead atoms. The molecule has 0 aromatic carbocycles. The molecule has 0 saturated heterocycles. The second-order valence-corrected chi connectivity index (χ2v) is 5.25. The Morgan fingerprint density at radius 1 is 1.22 bits per heavy atom. The van der Waals surface area contributed by atoms with Gasteiger partial charge in [0.25, 0.3) is 5.91 Å². The molecule has 2 N–H and O–H groups in total. The second kappa shape index (κ2) is 7.99. The lowest BCUT2D eigenvalue weighted by atomic mass is 10.1. The van der Waals surface area contributed by atoms with Crippen molar-refractivity contribution in [1.29, 1.82) is 0 Å². The third-order valence-electron chi connectivity index (χ3n) is 3.37. The molecule has 3 rings (SSSR count). The molecule has 0 spiro atoms. The number of primary amides is 1. The van der Waals surface area contributed by atoms with Crippen LogP contribution in [0, 0.1) is 6.92 Å². The van der Waals surface area contributed by atoms with E-state index in [4.69, 9.17) is 15.0 Å². The van der Waals surface area contributed by atoms with Crippen molar-refractivity contribution in [3.8, 4) is 17.3 Å². The first-order valence-electron chi connectivity index (χ1n) is 7.68. The normalized spacial score (nSPS) is 10.4. The highest BCUT2D eigenvalue weighted by atomic mass is 16.5. The average Bonchev–Trinajstić information content (AvgIpc) is 3.06. The molecule has 138 valence electrons. The van der Waals surface area contributed by atoms with Crippen LogP contribution < -0.4 is 10.5 Å². The number of aryl methyl sites for hydroxylation is 1. The number of aromatic nitrogens is 5.